The topological polar surface area (TPSA) is 35.5 Å². The van der Waals surface area contributed by atoms with E-state index in [-0.39, 0.29) is 5.97 Å². The number of aryl methyl sites for hydroxylation is 2. The molecular formula is C40H56O3. The molecule has 0 aliphatic rings. The highest BCUT2D eigenvalue weighted by Gasteiger charge is 2.06. The molecule has 43 heavy (non-hydrogen) atoms. The summed E-state index contributed by atoms with van der Waals surface area (Å²) in [4.78, 5) is 11.0. The van der Waals surface area contributed by atoms with Crippen molar-refractivity contribution in [3.05, 3.63) is 78.4 Å². The Labute approximate surface area is 262 Å². The zero-order valence-corrected chi connectivity index (χ0v) is 27.1. The Kier molecular flexibility index (Phi) is 16.6. The first-order valence-electron chi connectivity index (χ1n) is 17.2. The molecule has 0 saturated carbocycles. The van der Waals surface area contributed by atoms with Crippen LogP contribution in [-0.4, -0.2) is 19.2 Å². The third-order valence-electron chi connectivity index (χ3n) is 8.45. The normalized spacial score (nSPS) is 11.1. The van der Waals surface area contributed by atoms with Gasteiger partial charge in [0.15, 0.2) is 0 Å². The molecule has 0 N–H and O–H groups in total. The summed E-state index contributed by atoms with van der Waals surface area (Å²) < 4.78 is 11.1. The maximum Gasteiger partial charge on any atom is 0.330 e. The van der Waals surface area contributed by atoms with E-state index in [4.69, 9.17) is 9.47 Å². The molecule has 0 aromatic heterocycles. The van der Waals surface area contributed by atoms with E-state index in [9.17, 15) is 4.79 Å². The minimum atomic E-state index is -0.317. The molecule has 0 saturated heterocycles. The molecule has 0 fully saturated rings. The van der Waals surface area contributed by atoms with Crippen LogP contribution in [0.4, 0.5) is 0 Å². The predicted octanol–water partition coefficient (Wildman–Crippen LogP) is 11.7. The standard InChI is InChI=1S/C40H56O3/c1-4-6-7-8-15-18-21-34-22-27-39(33(3)30-34)37-24-23-36-32-38(26-25-35(36)31-37)42-28-19-16-13-11-9-10-12-14-17-20-29-43-40(41)5-2/h5,22-27,30-32H,2,4,6-21,28-29H2,1,3H3. The smallest absolute Gasteiger partial charge is 0.330 e. The number of carbonyl (C=O) groups excluding carboxylic acids is 1. The van der Waals surface area contributed by atoms with Crippen molar-refractivity contribution >= 4 is 16.7 Å². The summed E-state index contributed by atoms with van der Waals surface area (Å²) in [5, 5.41) is 2.49. The average Bonchev–Trinajstić information content (AvgIpc) is 3.02. The van der Waals surface area contributed by atoms with Crippen LogP contribution in [0, 0.1) is 6.92 Å². The number of esters is 1. The summed E-state index contributed by atoms with van der Waals surface area (Å²) in [7, 11) is 0. The molecular weight excluding hydrogens is 528 g/mol. The van der Waals surface area contributed by atoms with Gasteiger partial charge in [0.25, 0.3) is 0 Å². The van der Waals surface area contributed by atoms with Gasteiger partial charge < -0.3 is 9.47 Å². The average molecular weight is 585 g/mol. The van der Waals surface area contributed by atoms with Gasteiger partial charge >= 0.3 is 5.97 Å². The van der Waals surface area contributed by atoms with Crippen LogP contribution in [0.5, 0.6) is 5.75 Å². The summed E-state index contributed by atoms with van der Waals surface area (Å²) in [6.45, 7) is 9.23. The van der Waals surface area contributed by atoms with E-state index < -0.39 is 0 Å². The van der Waals surface area contributed by atoms with Crippen molar-refractivity contribution in [3.8, 4) is 16.9 Å². The lowest BCUT2D eigenvalue weighted by atomic mass is 9.95. The zero-order valence-electron chi connectivity index (χ0n) is 27.1. The Morgan fingerprint density at radius 1 is 0.674 bits per heavy atom. The van der Waals surface area contributed by atoms with Crippen molar-refractivity contribution in [3.63, 3.8) is 0 Å². The van der Waals surface area contributed by atoms with Crippen molar-refractivity contribution in [2.24, 2.45) is 0 Å². The number of carbonyl (C=O) groups is 1. The molecule has 0 atom stereocenters. The molecule has 3 heteroatoms. The van der Waals surface area contributed by atoms with E-state index in [0.29, 0.717) is 6.61 Å². The first-order valence-corrected chi connectivity index (χ1v) is 17.2. The lowest BCUT2D eigenvalue weighted by Crippen LogP contribution is -2.01. The van der Waals surface area contributed by atoms with Crippen molar-refractivity contribution in [2.75, 3.05) is 13.2 Å². The van der Waals surface area contributed by atoms with E-state index in [1.165, 1.54) is 129 Å². The molecule has 0 unspecified atom stereocenters. The largest absolute Gasteiger partial charge is 0.494 e. The summed E-state index contributed by atoms with van der Waals surface area (Å²) in [5.41, 5.74) is 5.45. The van der Waals surface area contributed by atoms with Crippen LogP contribution >= 0.6 is 0 Å². The maximum absolute atomic E-state index is 11.0. The number of unbranched alkanes of at least 4 members (excludes halogenated alkanes) is 14. The third kappa shape index (κ3) is 13.4. The van der Waals surface area contributed by atoms with Crippen LogP contribution < -0.4 is 4.74 Å². The Bertz CT molecular complexity index is 1230. The lowest BCUT2D eigenvalue weighted by molar-refractivity contribution is -0.137. The number of fused-ring (bicyclic) bond motifs is 1. The molecule has 0 radical (unpaired) electrons. The van der Waals surface area contributed by atoms with Crippen LogP contribution in [0.1, 0.15) is 121 Å². The minimum Gasteiger partial charge on any atom is -0.494 e. The molecule has 0 aliphatic carbocycles. The highest BCUT2D eigenvalue weighted by Crippen LogP contribution is 2.30. The molecule has 0 bridgehead atoms. The molecule has 234 valence electrons. The van der Waals surface area contributed by atoms with Gasteiger partial charge in [-0.05, 0) is 83.8 Å². The van der Waals surface area contributed by atoms with Gasteiger partial charge in [0.2, 0.25) is 0 Å². The van der Waals surface area contributed by atoms with Crippen LogP contribution in [0.2, 0.25) is 0 Å². The second-order valence-corrected chi connectivity index (χ2v) is 12.1. The maximum atomic E-state index is 11.0. The van der Waals surface area contributed by atoms with Crippen molar-refractivity contribution in [1.29, 1.82) is 0 Å². The number of ether oxygens (including phenoxy) is 2. The van der Waals surface area contributed by atoms with E-state index in [1.54, 1.807) is 0 Å². The third-order valence-corrected chi connectivity index (χ3v) is 8.45. The summed E-state index contributed by atoms with van der Waals surface area (Å²) in [6.07, 6.45) is 22.6. The first-order chi connectivity index (χ1) is 21.1. The molecule has 3 aromatic rings. The van der Waals surface area contributed by atoms with Gasteiger partial charge in [0, 0.05) is 6.08 Å². The monoisotopic (exact) mass is 584 g/mol. The second kappa shape index (κ2) is 20.8. The first kappa shape index (κ1) is 34.4. The Balaban J connectivity index is 1.30. The lowest BCUT2D eigenvalue weighted by Gasteiger charge is -2.11. The number of hydrogen-bond donors (Lipinski definition) is 0. The van der Waals surface area contributed by atoms with Crippen LogP contribution in [0.15, 0.2) is 67.3 Å². The Morgan fingerprint density at radius 3 is 1.95 bits per heavy atom. The van der Waals surface area contributed by atoms with Crippen molar-refractivity contribution < 1.29 is 14.3 Å². The van der Waals surface area contributed by atoms with Crippen LogP contribution in [0.3, 0.4) is 0 Å². The molecule has 0 amide bonds. The predicted molar refractivity (Wildman–Crippen MR) is 184 cm³/mol. The zero-order chi connectivity index (χ0) is 30.5. The highest BCUT2D eigenvalue weighted by atomic mass is 16.5. The quantitative estimate of drug-likeness (QED) is 0.0632. The number of hydrogen-bond acceptors (Lipinski definition) is 3. The summed E-state index contributed by atoms with van der Waals surface area (Å²) in [5.74, 6) is 0.650. The van der Waals surface area contributed by atoms with Crippen LogP contribution in [-0.2, 0) is 16.0 Å². The van der Waals surface area contributed by atoms with E-state index >= 15 is 0 Å². The van der Waals surface area contributed by atoms with E-state index in [1.807, 2.05) is 0 Å². The van der Waals surface area contributed by atoms with Gasteiger partial charge in [-0.2, -0.15) is 0 Å². The number of benzene rings is 3. The fraction of sp³-hybridized carbons (Fsp3) is 0.525. The molecule has 3 rings (SSSR count). The second-order valence-electron chi connectivity index (χ2n) is 12.1. The van der Waals surface area contributed by atoms with Gasteiger partial charge in [-0.3, -0.25) is 0 Å². The summed E-state index contributed by atoms with van der Waals surface area (Å²) >= 11 is 0. The van der Waals surface area contributed by atoms with Crippen molar-refractivity contribution in [2.45, 2.75) is 123 Å². The minimum absolute atomic E-state index is 0.317. The fourth-order valence-corrected chi connectivity index (χ4v) is 5.84. The molecule has 3 aromatic carbocycles. The van der Waals surface area contributed by atoms with Gasteiger partial charge in [-0.15, -0.1) is 0 Å². The van der Waals surface area contributed by atoms with Gasteiger partial charge in [-0.1, -0.05) is 133 Å². The van der Waals surface area contributed by atoms with Gasteiger partial charge in [0.1, 0.15) is 5.75 Å². The Hall–Kier alpha value is -3.07. The fourth-order valence-electron chi connectivity index (χ4n) is 5.84. The van der Waals surface area contributed by atoms with Gasteiger partial charge in [0.05, 0.1) is 13.2 Å². The molecule has 0 heterocycles. The van der Waals surface area contributed by atoms with Crippen LogP contribution in [0.25, 0.3) is 21.9 Å². The number of rotatable bonds is 23. The van der Waals surface area contributed by atoms with E-state index in [2.05, 4.69) is 75.0 Å². The summed E-state index contributed by atoms with van der Waals surface area (Å²) in [6, 6.07) is 20.3. The van der Waals surface area contributed by atoms with E-state index in [0.717, 1.165) is 31.6 Å². The molecule has 3 nitrogen and oxygen atoms in total. The molecule has 0 aliphatic heterocycles. The Morgan fingerprint density at radius 2 is 1.28 bits per heavy atom. The van der Waals surface area contributed by atoms with Gasteiger partial charge in [-0.25, -0.2) is 4.79 Å². The SMILES string of the molecule is C=CC(=O)OCCCCCCCCCCCCOc1ccc2cc(-c3ccc(CCCCCCCC)cc3C)ccc2c1. The van der Waals surface area contributed by atoms with Crippen molar-refractivity contribution in [1.82, 2.24) is 0 Å². The molecule has 0 spiro atoms. The highest BCUT2D eigenvalue weighted by molar-refractivity contribution is 5.88.